The molecular weight excluding hydrogens is 322 g/mol. The minimum atomic E-state index is -0.460. The highest BCUT2D eigenvalue weighted by Crippen LogP contribution is 2.16. The Morgan fingerprint density at radius 2 is 2.00 bits per heavy atom. The number of nitrogens with one attached hydrogen (secondary N) is 1. The molecule has 1 fully saturated rings. The summed E-state index contributed by atoms with van der Waals surface area (Å²) in [4.78, 5) is 14.4. The van der Waals surface area contributed by atoms with E-state index in [0.29, 0.717) is 13.0 Å². The van der Waals surface area contributed by atoms with Crippen molar-refractivity contribution in [3.8, 4) is 5.75 Å². The van der Waals surface area contributed by atoms with E-state index >= 15 is 0 Å². The van der Waals surface area contributed by atoms with E-state index in [0.717, 1.165) is 23.7 Å². The van der Waals surface area contributed by atoms with Gasteiger partial charge in [0, 0.05) is 12.2 Å². The summed E-state index contributed by atoms with van der Waals surface area (Å²) in [6.45, 7) is 4.05. The molecule has 0 saturated carbocycles. The zero-order valence-electron chi connectivity index (χ0n) is 14.5. The van der Waals surface area contributed by atoms with Crippen LogP contribution in [0.15, 0.2) is 24.3 Å². The number of anilines is 1. The van der Waals surface area contributed by atoms with E-state index in [1.54, 1.807) is 11.8 Å². The van der Waals surface area contributed by atoms with E-state index < -0.39 is 6.04 Å². The molecule has 3 N–H and O–H groups in total. The second-order valence-corrected chi connectivity index (χ2v) is 7.14. The average molecular weight is 352 g/mol. The van der Waals surface area contributed by atoms with E-state index in [4.69, 9.17) is 10.5 Å². The van der Waals surface area contributed by atoms with Crippen molar-refractivity contribution in [3.05, 3.63) is 24.3 Å². The molecule has 0 spiro atoms. The number of rotatable bonds is 9. The van der Waals surface area contributed by atoms with Gasteiger partial charge in [-0.15, -0.1) is 0 Å². The molecule has 1 saturated heterocycles. The summed E-state index contributed by atoms with van der Waals surface area (Å²) in [7, 11) is 0. The van der Waals surface area contributed by atoms with E-state index in [2.05, 4.69) is 10.2 Å². The van der Waals surface area contributed by atoms with Gasteiger partial charge in [0.2, 0.25) is 5.91 Å². The lowest BCUT2D eigenvalue weighted by atomic mass is 10.1. The Hall–Kier alpha value is -1.24. The van der Waals surface area contributed by atoms with Crippen LogP contribution in [0.5, 0.6) is 5.75 Å². The lowest BCUT2D eigenvalue weighted by Gasteiger charge is -2.26. The molecule has 6 heteroatoms. The van der Waals surface area contributed by atoms with Crippen molar-refractivity contribution in [2.24, 2.45) is 5.73 Å². The fourth-order valence-corrected chi connectivity index (χ4v) is 3.21. The van der Waals surface area contributed by atoms with Crippen LogP contribution in [0.3, 0.4) is 0 Å². The van der Waals surface area contributed by atoms with Gasteiger partial charge in [-0.2, -0.15) is 11.8 Å². The second-order valence-electron chi connectivity index (χ2n) is 6.15. The van der Waals surface area contributed by atoms with Crippen molar-refractivity contribution in [2.45, 2.75) is 31.7 Å². The minimum absolute atomic E-state index is 0.136. The molecule has 2 rings (SSSR count). The fourth-order valence-electron chi connectivity index (χ4n) is 2.72. The quantitative estimate of drug-likeness (QED) is 0.716. The van der Waals surface area contributed by atoms with Gasteiger partial charge in [0.1, 0.15) is 12.4 Å². The number of likely N-dealkylation sites (tertiary alicyclic amines) is 1. The third-order valence-electron chi connectivity index (χ3n) is 4.22. The van der Waals surface area contributed by atoms with Gasteiger partial charge in [-0.05, 0) is 68.6 Å². The molecule has 0 aliphatic carbocycles. The van der Waals surface area contributed by atoms with Gasteiger partial charge in [0.15, 0.2) is 0 Å². The molecule has 0 aromatic heterocycles. The number of hydrogen-bond donors (Lipinski definition) is 2. The molecule has 134 valence electrons. The third kappa shape index (κ3) is 6.71. The maximum Gasteiger partial charge on any atom is 0.241 e. The standard InChI is InChI=1S/C18H29N3O2S/c1-24-14-9-17(19)18(22)20-15-5-7-16(8-6-15)23-13-12-21-10-3-2-4-11-21/h5-8,17H,2-4,9-14,19H2,1H3,(H,20,22). The molecule has 1 atom stereocenters. The van der Waals surface area contributed by atoms with E-state index in [1.807, 2.05) is 30.5 Å². The van der Waals surface area contributed by atoms with Gasteiger partial charge in [-0.25, -0.2) is 0 Å². The van der Waals surface area contributed by atoms with Crippen molar-refractivity contribution in [3.63, 3.8) is 0 Å². The van der Waals surface area contributed by atoms with Crippen molar-refractivity contribution in [1.82, 2.24) is 4.90 Å². The van der Waals surface area contributed by atoms with Crippen molar-refractivity contribution >= 4 is 23.4 Å². The van der Waals surface area contributed by atoms with Crippen LogP contribution < -0.4 is 15.8 Å². The number of piperidine rings is 1. The largest absolute Gasteiger partial charge is 0.492 e. The fraction of sp³-hybridized carbons (Fsp3) is 0.611. The lowest BCUT2D eigenvalue weighted by Crippen LogP contribution is -2.36. The Morgan fingerprint density at radius 1 is 1.29 bits per heavy atom. The first-order valence-electron chi connectivity index (χ1n) is 8.69. The number of carbonyl (C=O) groups is 1. The van der Waals surface area contributed by atoms with Crippen molar-refractivity contribution in [2.75, 3.05) is 43.6 Å². The Kier molecular flexibility index (Phi) is 8.42. The number of amides is 1. The Balaban J connectivity index is 1.70. The molecule has 1 heterocycles. The average Bonchev–Trinajstić information content (AvgIpc) is 2.62. The molecule has 24 heavy (non-hydrogen) atoms. The predicted molar refractivity (Wildman–Crippen MR) is 102 cm³/mol. The lowest BCUT2D eigenvalue weighted by molar-refractivity contribution is -0.117. The minimum Gasteiger partial charge on any atom is -0.492 e. The van der Waals surface area contributed by atoms with Crippen LogP contribution in [0, 0.1) is 0 Å². The summed E-state index contributed by atoms with van der Waals surface area (Å²) in [6, 6.07) is 7.03. The van der Waals surface area contributed by atoms with Crippen LogP contribution >= 0.6 is 11.8 Å². The number of carbonyl (C=O) groups excluding carboxylic acids is 1. The first-order valence-corrected chi connectivity index (χ1v) is 10.1. The first kappa shape index (κ1) is 19.1. The first-order chi connectivity index (χ1) is 11.7. The second kappa shape index (κ2) is 10.6. The van der Waals surface area contributed by atoms with Crippen molar-refractivity contribution < 1.29 is 9.53 Å². The number of benzene rings is 1. The summed E-state index contributed by atoms with van der Waals surface area (Å²) in [5.41, 5.74) is 6.62. The maximum atomic E-state index is 12.0. The van der Waals surface area contributed by atoms with Gasteiger partial charge in [-0.1, -0.05) is 6.42 Å². The summed E-state index contributed by atoms with van der Waals surface area (Å²) >= 11 is 1.69. The molecule has 1 amide bonds. The van der Waals surface area contributed by atoms with Crippen molar-refractivity contribution in [1.29, 1.82) is 0 Å². The monoisotopic (exact) mass is 351 g/mol. The number of thioether (sulfide) groups is 1. The van der Waals surface area contributed by atoms with Gasteiger partial charge in [0.25, 0.3) is 0 Å². The van der Waals surface area contributed by atoms with E-state index in [-0.39, 0.29) is 5.91 Å². The van der Waals surface area contributed by atoms with Crippen LogP contribution in [-0.2, 0) is 4.79 Å². The molecule has 1 aliphatic heterocycles. The highest BCUT2D eigenvalue weighted by Gasteiger charge is 2.13. The third-order valence-corrected chi connectivity index (χ3v) is 4.86. The molecule has 5 nitrogen and oxygen atoms in total. The number of nitrogens with zero attached hydrogens (tertiary/aromatic N) is 1. The maximum absolute atomic E-state index is 12.0. The molecular formula is C18H29N3O2S. The van der Waals surface area contributed by atoms with E-state index in [1.165, 1.54) is 32.4 Å². The molecule has 1 unspecified atom stereocenters. The Labute approximate surface area is 149 Å². The zero-order chi connectivity index (χ0) is 17.2. The topological polar surface area (TPSA) is 67.6 Å². The number of hydrogen-bond acceptors (Lipinski definition) is 5. The van der Waals surface area contributed by atoms with Gasteiger partial charge in [0.05, 0.1) is 6.04 Å². The Morgan fingerprint density at radius 3 is 2.67 bits per heavy atom. The molecule has 1 aromatic rings. The van der Waals surface area contributed by atoms with E-state index in [9.17, 15) is 4.79 Å². The van der Waals surface area contributed by atoms with Crippen LogP contribution in [0.25, 0.3) is 0 Å². The SMILES string of the molecule is CSCCC(N)C(=O)Nc1ccc(OCCN2CCCCC2)cc1. The zero-order valence-corrected chi connectivity index (χ0v) is 15.3. The van der Waals surface area contributed by atoms with Crippen LogP contribution in [0.2, 0.25) is 0 Å². The molecule has 1 aliphatic rings. The number of nitrogens with two attached hydrogens (primary N) is 1. The van der Waals surface area contributed by atoms with Gasteiger partial charge < -0.3 is 15.8 Å². The summed E-state index contributed by atoms with van der Waals surface area (Å²) in [6.07, 6.45) is 6.64. The van der Waals surface area contributed by atoms with Gasteiger partial charge in [-0.3, -0.25) is 9.69 Å². The summed E-state index contributed by atoms with van der Waals surface area (Å²) in [5, 5.41) is 2.85. The highest BCUT2D eigenvalue weighted by atomic mass is 32.2. The molecule has 0 bridgehead atoms. The molecule has 1 aromatic carbocycles. The van der Waals surface area contributed by atoms with Crippen LogP contribution in [0.1, 0.15) is 25.7 Å². The van der Waals surface area contributed by atoms with Crippen LogP contribution in [0.4, 0.5) is 5.69 Å². The Bertz CT molecular complexity index is 490. The summed E-state index contributed by atoms with van der Waals surface area (Å²) in [5.74, 6) is 1.58. The summed E-state index contributed by atoms with van der Waals surface area (Å²) < 4.78 is 5.79. The normalized spacial score (nSPS) is 16.6. The van der Waals surface area contributed by atoms with Gasteiger partial charge >= 0.3 is 0 Å². The smallest absolute Gasteiger partial charge is 0.241 e. The van der Waals surface area contributed by atoms with Crippen LogP contribution in [-0.4, -0.2) is 55.1 Å². The predicted octanol–water partition coefficient (Wildman–Crippen LogP) is 2.57. The highest BCUT2D eigenvalue weighted by molar-refractivity contribution is 7.98. The molecule has 0 radical (unpaired) electrons. The number of ether oxygens (including phenoxy) is 1.